The summed E-state index contributed by atoms with van der Waals surface area (Å²) in [6.45, 7) is 0.817. The van der Waals surface area contributed by atoms with Gasteiger partial charge in [-0.15, -0.1) is 0 Å². The van der Waals surface area contributed by atoms with Crippen LogP contribution in [0.1, 0.15) is 34.8 Å². The Morgan fingerprint density at radius 3 is 2.91 bits per heavy atom. The van der Waals surface area contributed by atoms with Crippen LogP contribution in [-0.2, 0) is 0 Å². The standard InChI is InChI=1S/C23H21FN6O2/c1-32-21-8-7-16(13-25-21)23(31)27-18-14-26-30-11-9-20(28-22(18)30)29-10-3-6-19(29)15-4-2-5-17(24)12-15/h2,4-5,7-9,11-14,19H,3,6,10H2,1H3,(H,27,31)/t19-/m1/s1. The van der Waals surface area contributed by atoms with E-state index in [0.29, 0.717) is 22.8 Å². The highest BCUT2D eigenvalue weighted by Crippen LogP contribution is 2.35. The molecule has 1 N–H and O–H groups in total. The van der Waals surface area contributed by atoms with Crippen LogP contribution >= 0.6 is 0 Å². The molecular formula is C23H21FN6O2. The Bertz CT molecular complexity index is 1270. The minimum atomic E-state index is -0.318. The zero-order valence-corrected chi connectivity index (χ0v) is 17.4. The second-order valence-electron chi connectivity index (χ2n) is 7.56. The number of methoxy groups -OCH3 is 1. The molecule has 1 atom stereocenters. The summed E-state index contributed by atoms with van der Waals surface area (Å²) in [5.74, 6) is 0.626. The van der Waals surface area contributed by atoms with Crippen LogP contribution in [-0.4, -0.2) is 39.1 Å². The Labute approximate surface area is 183 Å². The number of ether oxygens (including phenoxy) is 1. The van der Waals surface area contributed by atoms with Crippen molar-refractivity contribution < 1.29 is 13.9 Å². The normalized spacial score (nSPS) is 15.8. The summed E-state index contributed by atoms with van der Waals surface area (Å²) in [7, 11) is 1.52. The fourth-order valence-electron chi connectivity index (χ4n) is 4.04. The molecule has 4 heterocycles. The number of aromatic nitrogens is 4. The van der Waals surface area contributed by atoms with E-state index in [1.165, 1.54) is 19.4 Å². The summed E-state index contributed by atoms with van der Waals surface area (Å²) in [6, 6.07) is 11.9. The quantitative estimate of drug-likeness (QED) is 0.516. The molecule has 1 aliphatic rings. The Morgan fingerprint density at radius 1 is 1.22 bits per heavy atom. The lowest BCUT2D eigenvalue weighted by Gasteiger charge is -2.26. The van der Waals surface area contributed by atoms with Gasteiger partial charge in [0.15, 0.2) is 5.65 Å². The monoisotopic (exact) mass is 432 g/mol. The van der Waals surface area contributed by atoms with E-state index >= 15 is 0 Å². The minimum Gasteiger partial charge on any atom is -0.481 e. The molecule has 0 radical (unpaired) electrons. The third-order valence-electron chi connectivity index (χ3n) is 5.59. The summed E-state index contributed by atoms with van der Waals surface area (Å²) >= 11 is 0. The van der Waals surface area contributed by atoms with Gasteiger partial charge in [0.2, 0.25) is 5.88 Å². The third-order valence-corrected chi connectivity index (χ3v) is 5.59. The lowest BCUT2D eigenvalue weighted by molar-refractivity contribution is 0.102. The van der Waals surface area contributed by atoms with Crippen molar-refractivity contribution in [3.8, 4) is 5.88 Å². The zero-order valence-electron chi connectivity index (χ0n) is 17.4. The summed E-state index contributed by atoms with van der Waals surface area (Å²) in [5, 5.41) is 7.14. The average Bonchev–Trinajstić information content (AvgIpc) is 3.46. The zero-order chi connectivity index (χ0) is 22.1. The minimum absolute atomic E-state index is 0.0481. The molecule has 4 aromatic rings. The number of rotatable bonds is 5. The number of halogens is 1. The van der Waals surface area contributed by atoms with E-state index in [1.54, 1.807) is 35.0 Å². The number of hydrogen-bond donors (Lipinski definition) is 1. The fourth-order valence-corrected chi connectivity index (χ4v) is 4.04. The van der Waals surface area contributed by atoms with E-state index in [0.717, 1.165) is 30.8 Å². The van der Waals surface area contributed by atoms with Crippen molar-refractivity contribution in [1.82, 2.24) is 19.6 Å². The number of fused-ring (bicyclic) bond motifs is 1. The Balaban J connectivity index is 1.42. The lowest BCUT2D eigenvalue weighted by Crippen LogP contribution is -2.24. The van der Waals surface area contributed by atoms with Crippen molar-refractivity contribution in [3.05, 3.63) is 78.0 Å². The van der Waals surface area contributed by atoms with Gasteiger partial charge in [-0.25, -0.2) is 18.9 Å². The van der Waals surface area contributed by atoms with Gasteiger partial charge in [0.1, 0.15) is 17.3 Å². The fraction of sp³-hybridized carbons (Fsp3) is 0.217. The van der Waals surface area contributed by atoms with Crippen LogP contribution in [0.5, 0.6) is 5.88 Å². The van der Waals surface area contributed by atoms with E-state index in [4.69, 9.17) is 9.72 Å². The molecule has 0 unspecified atom stereocenters. The Morgan fingerprint density at radius 2 is 2.12 bits per heavy atom. The van der Waals surface area contributed by atoms with Crippen LogP contribution < -0.4 is 15.0 Å². The molecule has 0 spiro atoms. The highest BCUT2D eigenvalue weighted by Gasteiger charge is 2.28. The van der Waals surface area contributed by atoms with E-state index in [9.17, 15) is 9.18 Å². The second kappa shape index (κ2) is 8.26. The van der Waals surface area contributed by atoms with Crippen LogP contribution in [0.3, 0.4) is 0 Å². The molecular weight excluding hydrogens is 411 g/mol. The summed E-state index contributed by atoms with van der Waals surface area (Å²) in [6.07, 6.45) is 6.73. The van der Waals surface area contributed by atoms with Crippen LogP contribution in [0.4, 0.5) is 15.9 Å². The highest BCUT2D eigenvalue weighted by molar-refractivity contribution is 6.05. The first-order valence-corrected chi connectivity index (χ1v) is 10.3. The third kappa shape index (κ3) is 3.73. The maximum absolute atomic E-state index is 13.8. The van der Waals surface area contributed by atoms with Gasteiger partial charge >= 0.3 is 0 Å². The maximum Gasteiger partial charge on any atom is 0.257 e. The largest absolute Gasteiger partial charge is 0.481 e. The first-order chi connectivity index (χ1) is 15.6. The van der Waals surface area contributed by atoms with Gasteiger partial charge in [0.25, 0.3) is 5.91 Å². The van der Waals surface area contributed by atoms with Crippen LogP contribution in [0, 0.1) is 5.82 Å². The van der Waals surface area contributed by atoms with Crippen molar-refractivity contribution in [2.45, 2.75) is 18.9 Å². The smallest absolute Gasteiger partial charge is 0.257 e. The summed E-state index contributed by atoms with van der Waals surface area (Å²) in [5.41, 5.74) is 2.35. The molecule has 8 nitrogen and oxygen atoms in total. The van der Waals surface area contributed by atoms with Gasteiger partial charge in [-0.3, -0.25) is 4.79 Å². The molecule has 1 aromatic carbocycles. The topological polar surface area (TPSA) is 84.6 Å². The van der Waals surface area contributed by atoms with Crippen LogP contribution in [0.25, 0.3) is 5.65 Å². The molecule has 1 fully saturated rings. The number of hydrogen-bond acceptors (Lipinski definition) is 6. The van der Waals surface area contributed by atoms with Gasteiger partial charge in [-0.2, -0.15) is 5.10 Å². The van der Waals surface area contributed by atoms with Crippen molar-refractivity contribution >= 4 is 23.1 Å². The van der Waals surface area contributed by atoms with E-state index < -0.39 is 0 Å². The number of anilines is 2. The van der Waals surface area contributed by atoms with Crippen molar-refractivity contribution in [1.29, 1.82) is 0 Å². The van der Waals surface area contributed by atoms with Crippen LogP contribution in [0.15, 0.2) is 61.1 Å². The Kier molecular flexibility index (Phi) is 5.14. The molecule has 0 bridgehead atoms. The van der Waals surface area contributed by atoms with E-state index in [1.807, 2.05) is 18.3 Å². The van der Waals surface area contributed by atoms with Crippen molar-refractivity contribution in [3.63, 3.8) is 0 Å². The van der Waals surface area contributed by atoms with Gasteiger partial charge < -0.3 is 15.0 Å². The molecule has 1 saturated heterocycles. The van der Waals surface area contributed by atoms with Gasteiger partial charge in [-0.05, 0) is 42.7 Å². The molecule has 5 rings (SSSR count). The molecule has 32 heavy (non-hydrogen) atoms. The average molecular weight is 432 g/mol. The molecule has 1 aliphatic heterocycles. The number of carbonyl (C=O) groups excluding carboxylic acids is 1. The summed E-state index contributed by atoms with van der Waals surface area (Å²) in [4.78, 5) is 23.7. The first kappa shape index (κ1) is 19.9. The molecule has 1 amide bonds. The maximum atomic E-state index is 13.8. The number of amides is 1. The first-order valence-electron chi connectivity index (χ1n) is 10.3. The van der Waals surface area contributed by atoms with Crippen LogP contribution in [0.2, 0.25) is 0 Å². The molecule has 9 heteroatoms. The van der Waals surface area contributed by atoms with Crippen molar-refractivity contribution in [2.24, 2.45) is 0 Å². The second-order valence-corrected chi connectivity index (χ2v) is 7.56. The number of benzene rings is 1. The van der Waals surface area contributed by atoms with Gasteiger partial charge in [0, 0.05) is 25.0 Å². The number of carbonyl (C=O) groups is 1. The number of nitrogens with zero attached hydrogens (tertiary/aromatic N) is 5. The Hall–Kier alpha value is -4.01. The van der Waals surface area contributed by atoms with Gasteiger partial charge in [-0.1, -0.05) is 12.1 Å². The molecule has 3 aromatic heterocycles. The molecule has 162 valence electrons. The van der Waals surface area contributed by atoms with Gasteiger partial charge in [0.05, 0.1) is 24.9 Å². The molecule has 0 aliphatic carbocycles. The number of nitrogens with one attached hydrogen (secondary N) is 1. The number of pyridine rings is 1. The highest BCUT2D eigenvalue weighted by atomic mass is 19.1. The van der Waals surface area contributed by atoms with E-state index in [2.05, 4.69) is 20.3 Å². The predicted molar refractivity (Wildman–Crippen MR) is 117 cm³/mol. The SMILES string of the molecule is COc1ccc(C(=O)Nc2cnn3ccc(N4CCC[C@@H]4c4cccc(F)c4)nc23)cn1. The van der Waals surface area contributed by atoms with Crippen molar-refractivity contribution in [2.75, 3.05) is 23.9 Å². The lowest BCUT2D eigenvalue weighted by atomic mass is 10.0. The summed E-state index contributed by atoms with van der Waals surface area (Å²) < 4.78 is 20.4. The van der Waals surface area contributed by atoms with E-state index in [-0.39, 0.29) is 17.8 Å². The molecule has 0 saturated carbocycles. The predicted octanol–water partition coefficient (Wildman–Crippen LogP) is 3.87.